The zero-order chi connectivity index (χ0) is 16.4. The van der Waals surface area contributed by atoms with Crippen molar-refractivity contribution in [3.63, 3.8) is 0 Å². The highest BCUT2D eigenvalue weighted by Gasteiger charge is 2.32. The second-order valence-electron chi connectivity index (χ2n) is 5.36. The lowest BCUT2D eigenvalue weighted by Gasteiger charge is -2.32. The normalized spacial score (nSPS) is 16.5. The monoisotopic (exact) mass is 311 g/mol. The molecule has 1 aliphatic rings. The first-order valence-electron chi connectivity index (χ1n) is 7.35. The molecule has 1 aromatic carbocycles. The summed E-state index contributed by atoms with van der Waals surface area (Å²) in [6.45, 7) is 3.43. The van der Waals surface area contributed by atoms with Crippen molar-refractivity contribution in [3.05, 3.63) is 48.2 Å². The third kappa shape index (κ3) is 3.15. The summed E-state index contributed by atoms with van der Waals surface area (Å²) in [5.74, 6) is 0.523. The minimum Gasteiger partial charge on any atom is -0.479 e. The van der Waals surface area contributed by atoms with Crippen LogP contribution < -0.4 is 15.0 Å². The fourth-order valence-corrected chi connectivity index (χ4v) is 2.46. The topological polar surface area (TPSA) is 71.5 Å². The zero-order valence-electron chi connectivity index (χ0n) is 12.9. The number of nitrogens with zero attached hydrogens (tertiary/aromatic N) is 2. The molecule has 0 unspecified atom stereocenters. The average Bonchev–Trinajstić information content (AvgIpc) is 2.52. The molecule has 0 radical (unpaired) electrons. The van der Waals surface area contributed by atoms with E-state index in [0.29, 0.717) is 17.3 Å². The second kappa shape index (κ2) is 6.08. The Morgan fingerprint density at radius 3 is 2.83 bits per heavy atom. The van der Waals surface area contributed by atoms with Crippen molar-refractivity contribution in [1.29, 1.82) is 0 Å². The number of aryl methyl sites for hydroxylation is 1. The van der Waals surface area contributed by atoms with Crippen molar-refractivity contribution >= 4 is 23.3 Å². The van der Waals surface area contributed by atoms with Crippen LogP contribution in [0.25, 0.3) is 0 Å². The van der Waals surface area contributed by atoms with E-state index in [4.69, 9.17) is 4.74 Å². The first-order chi connectivity index (χ1) is 11.0. The van der Waals surface area contributed by atoms with Gasteiger partial charge in [-0.3, -0.25) is 14.5 Å². The number of nitrogens with one attached hydrogen (secondary N) is 1. The van der Waals surface area contributed by atoms with Crippen LogP contribution in [0.15, 0.2) is 42.5 Å². The molecule has 0 saturated carbocycles. The van der Waals surface area contributed by atoms with Crippen LogP contribution in [0.4, 0.5) is 11.5 Å². The Morgan fingerprint density at radius 2 is 2.04 bits per heavy atom. The summed E-state index contributed by atoms with van der Waals surface area (Å²) in [4.78, 5) is 30.3. The number of rotatable bonds is 3. The first-order valence-corrected chi connectivity index (χ1v) is 7.35. The Hall–Kier alpha value is -2.89. The number of carbonyl (C=O) groups excluding carboxylic acids is 2. The smallest absolute Gasteiger partial charge is 0.268 e. The third-order valence-electron chi connectivity index (χ3n) is 3.53. The summed E-state index contributed by atoms with van der Waals surface area (Å²) in [5, 5.41) is 2.71. The van der Waals surface area contributed by atoms with Gasteiger partial charge in [-0.15, -0.1) is 0 Å². The van der Waals surface area contributed by atoms with Crippen LogP contribution in [0, 0.1) is 6.92 Å². The number of hydrogen-bond acceptors (Lipinski definition) is 4. The Bertz CT molecular complexity index is 760. The van der Waals surface area contributed by atoms with E-state index in [1.165, 1.54) is 4.90 Å². The van der Waals surface area contributed by atoms with Crippen LogP contribution >= 0.6 is 0 Å². The fourth-order valence-electron chi connectivity index (χ4n) is 2.46. The average molecular weight is 311 g/mol. The molecule has 1 aliphatic heterocycles. The predicted molar refractivity (Wildman–Crippen MR) is 86.5 cm³/mol. The second-order valence-corrected chi connectivity index (χ2v) is 5.36. The summed E-state index contributed by atoms with van der Waals surface area (Å²) >= 11 is 0. The summed E-state index contributed by atoms with van der Waals surface area (Å²) in [6, 6.07) is 12.5. The highest BCUT2D eigenvalue weighted by Crippen LogP contribution is 2.33. The largest absolute Gasteiger partial charge is 0.479 e. The number of benzene rings is 1. The van der Waals surface area contributed by atoms with Crippen molar-refractivity contribution in [2.45, 2.75) is 20.0 Å². The molecule has 2 amide bonds. The molecule has 118 valence electrons. The van der Waals surface area contributed by atoms with Crippen molar-refractivity contribution in [2.24, 2.45) is 0 Å². The number of para-hydroxylation sites is 2. The third-order valence-corrected chi connectivity index (χ3v) is 3.53. The molecule has 1 aromatic heterocycles. The van der Waals surface area contributed by atoms with E-state index in [1.807, 2.05) is 25.1 Å². The van der Waals surface area contributed by atoms with Crippen LogP contribution in [0.3, 0.4) is 0 Å². The lowest BCUT2D eigenvalue weighted by molar-refractivity contribution is -0.127. The minimum atomic E-state index is -0.616. The van der Waals surface area contributed by atoms with Crippen molar-refractivity contribution < 1.29 is 14.3 Å². The molecule has 6 heteroatoms. The van der Waals surface area contributed by atoms with Gasteiger partial charge in [0, 0.05) is 5.69 Å². The standard InChI is InChI=1S/C17H17N3O3/c1-11-6-5-9-15(18-11)19-16(21)10-20-13-7-3-4-8-14(13)23-12(2)17(20)22/h3-9,12H,10H2,1-2H3,(H,18,19,21)/t12-/m1/s1. The highest BCUT2D eigenvalue weighted by molar-refractivity contribution is 6.05. The van der Waals surface area contributed by atoms with Crippen LogP contribution in [0.1, 0.15) is 12.6 Å². The van der Waals surface area contributed by atoms with Gasteiger partial charge in [-0.25, -0.2) is 4.98 Å². The summed E-state index contributed by atoms with van der Waals surface area (Å²) in [5.41, 5.74) is 1.41. The maximum absolute atomic E-state index is 12.3. The van der Waals surface area contributed by atoms with E-state index in [-0.39, 0.29) is 18.4 Å². The van der Waals surface area contributed by atoms with E-state index in [0.717, 1.165) is 5.69 Å². The Kier molecular flexibility index (Phi) is 3.97. The number of amides is 2. The van der Waals surface area contributed by atoms with Gasteiger partial charge < -0.3 is 10.1 Å². The predicted octanol–water partition coefficient (Wildman–Crippen LogP) is 2.14. The summed E-state index contributed by atoms with van der Waals surface area (Å²) in [7, 11) is 0. The first kappa shape index (κ1) is 15.0. The molecular weight excluding hydrogens is 294 g/mol. The molecule has 0 fully saturated rings. The van der Waals surface area contributed by atoms with Gasteiger partial charge >= 0.3 is 0 Å². The van der Waals surface area contributed by atoms with E-state index in [2.05, 4.69) is 10.3 Å². The van der Waals surface area contributed by atoms with Gasteiger partial charge in [-0.05, 0) is 38.1 Å². The van der Waals surface area contributed by atoms with Gasteiger partial charge in [-0.2, -0.15) is 0 Å². The van der Waals surface area contributed by atoms with E-state index >= 15 is 0 Å². The minimum absolute atomic E-state index is 0.0842. The number of ether oxygens (including phenoxy) is 1. The molecular formula is C17H17N3O3. The Balaban J connectivity index is 1.78. The molecule has 0 spiro atoms. The van der Waals surface area contributed by atoms with E-state index < -0.39 is 6.10 Å². The molecule has 23 heavy (non-hydrogen) atoms. The van der Waals surface area contributed by atoms with Crippen LogP contribution in [0.2, 0.25) is 0 Å². The SMILES string of the molecule is Cc1cccc(NC(=O)CN2C(=O)[C@@H](C)Oc3ccccc32)n1. The van der Waals surface area contributed by atoms with Gasteiger partial charge in [-0.1, -0.05) is 18.2 Å². The maximum atomic E-state index is 12.3. The maximum Gasteiger partial charge on any atom is 0.268 e. The van der Waals surface area contributed by atoms with E-state index in [1.54, 1.807) is 31.2 Å². The van der Waals surface area contributed by atoms with Crippen molar-refractivity contribution in [1.82, 2.24) is 4.98 Å². The molecule has 0 bridgehead atoms. The molecule has 2 aromatic rings. The molecule has 1 N–H and O–H groups in total. The van der Waals surface area contributed by atoms with Crippen molar-refractivity contribution in [2.75, 3.05) is 16.8 Å². The zero-order valence-corrected chi connectivity index (χ0v) is 12.9. The van der Waals surface area contributed by atoms with Crippen LogP contribution in [0.5, 0.6) is 5.75 Å². The van der Waals surface area contributed by atoms with Crippen LogP contribution in [-0.4, -0.2) is 29.4 Å². The lowest BCUT2D eigenvalue weighted by Crippen LogP contribution is -2.47. The Labute approximate surface area is 134 Å². The number of hydrogen-bond donors (Lipinski definition) is 1. The molecule has 1 atom stereocenters. The number of fused-ring (bicyclic) bond motifs is 1. The number of aromatic nitrogens is 1. The summed E-state index contributed by atoms with van der Waals surface area (Å²) in [6.07, 6.45) is -0.616. The molecule has 6 nitrogen and oxygen atoms in total. The molecule has 0 saturated heterocycles. The molecule has 3 rings (SSSR count). The van der Waals surface area contributed by atoms with Crippen molar-refractivity contribution in [3.8, 4) is 5.75 Å². The van der Waals surface area contributed by atoms with Gasteiger partial charge in [0.25, 0.3) is 5.91 Å². The summed E-state index contributed by atoms with van der Waals surface area (Å²) < 4.78 is 5.55. The van der Waals surface area contributed by atoms with E-state index in [9.17, 15) is 9.59 Å². The van der Waals surface area contributed by atoms with Gasteiger partial charge in [0.15, 0.2) is 6.10 Å². The Morgan fingerprint density at radius 1 is 1.26 bits per heavy atom. The fraction of sp³-hybridized carbons (Fsp3) is 0.235. The van der Waals surface area contributed by atoms with Crippen LogP contribution in [-0.2, 0) is 9.59 Å². The quantitative estimate of drug-likeness (QED) is 0.942. The number of anilines is 2. The molecule has 0 aliphatic carbocycles. The van der Waals surface area contributed by atoms with Gasteiger partial charge in [0.05, 0.1) is 5.69 Å². The number of carbonyl (C=O) groups is 2. The number of pyridine rings is 1. The lowest BCUT2D eigenvalue weighted by atomic mass is 10.2. The molecule has 2 heterocycles. The highest BCUT2D eigenvalue weighted by atomic mass is 16.5. The van der Waals surface area contributed by atoms with Gasteiger partial charge in [0.2, 0.25) is 5.91 Å². The van der Waals surface area contributed by atoms with Gasteiger partial charge in [0.1, 0.15) is 18.1 Å².